The number of rotatable bonds is 4. The van der Waals surface area contributed by atoms with Crippen LogP contribution in [-0.2, 0) is 0 Å². The molecule has 1 heterocycles. The molecule has 0 amide bonds. The average molecular weight is 267 g/mol. The van der Waals surface area contributed by atoms with Crippen LogP contribution in [0.5, 0.6) is 5.75 Å². The van der Waals surface area contributed by atoms with Gasteiger partial charge in [0, 0.05) is 31.3 Å². The van der Waals surface area contributed by atoms with Crippen molar-refractivity contribution in [1.82, 2.24) is 4.90 Å². The first-order chi connectivity index (χ1) is 9.02. The van der Waals surface area contributed by atoms with Crippen LogP contribution in [0.4, 0.5) is 15.8 Å². The summed E-state index contributed by atoms with van der Waals surface area (Å²) in [5.74, 6) is -0.160. The molecule has 1 aromatic carbocycles. The van der Waals surface area contributed by atoms with E-state index >= 15 is 0 Å². The summed E-state index contributed by atoms with van der Waals surface area (Å²) in [6.45, 7) is 1.93. The quantitative estimate of drug-likeness (QED) is 0.847. The highest BCUT2D eigenvalue weighted by molar-refractivity contribution is 5.70. The number of benzene rings is 1. The van der Waals surface area contributed by atoms with Crippen LogP contribution in [0.2, 0.25) is 0 Å². The van der Waals surface area contributed by atoms with Crippen molar-refractivity contribution >= 4 is 11.4 Å². The zero-order valence-corrected chi connectivity index (χ0v) is 11.8. The molecule has 106 valence electrons. The molecule has 1 aliphatic heterocycles. The molecular weight excluding hydrogens is 245 g/mol. The first-order valence-corrected chi connectivity index (χ1v) is 6.57. The van der Waals surface area contributed by atoms with Gasteiger partial charge in [-0.1, -0.05) is 0 Å². The van der Waals surface area contributed by atoms with Gasteiger partial charge < -0.3 is 20.3 Å². The van der Waals surface area contributed by atoms with Crippen LogP contribution in [0.25, 0.3) is 0 Å². The standard InChI is InChI=1S/C14H22FN3O/c1-17(2)9-10-5-4-6-18(10)13-8-14(19-3)11(15)7-12(13)16/h7-8,10H,4-6,9,16H2,1-3H3. The smallest absolute Gasteiger partial charge is 0.167 e. The molecule has 1 aromatic rings. The summed E-state index contributed by atoms with van der Waals surface area (Å²) in [6.07, 6.45) is 2.27. The van der Waals surface area contributed by atoms with Gasteiger partial charge in [-0.05, 0) is 26.9 Å². The van der Waals surface area contributed by atoms with Crippen molar-refractivity contribution in [2.75, 3.05) is 44.9 Å². The first kappa shape index (κ1) is 13.9. The van der Waals surface area contributed by atoms with Gasteiger partial charge in [0.05, 0.1) is 18.5 Å². The van der Waals surface area contributed by atoms with Crippen molar-refractivity contribution in [1.29, 1.82) is 0 Å². The molecule has 0 aliphatic carbocycles. The number of ether oxygens (including phenoxy) is 1. The molecule has 2 N–H and O–H groups in total. The lowest BCUT2D eigenvalue weighted by Gasteiger charge is -2.30. The van der Waals surface area contributed by atoms with Crippen molar-refractivity contribution in [2.45, 2.75) is 18.9 Å². The highest BCUT2D eigenvalue weighted by Crippen LogP contribution is 2.35. The van der Waals surface area contributed by atoms with Crippen LogP contribution in [0.1, 0.15) is 12.8 Å². The zero-order valence-electron chi connectivity index (χ0n) is 11.8. The number of nitrogens with two attached hydrogens (primary N) is 1. The summed E-state index contributed by atoms with van der Waals surface area (Å²) in [5, 5.41) is 0. The second kappa shape index (κ2) is 5.65. The normalized spacial score (nSPS) is 19.2. The molecule has 1 saturated heterocycles. The maximum Gasteiger partial charge on any atom is 0.167 e. The second-order valence-electron chi connectivity index (χ2n) is 5.30. The van der Waals surface area contributed by atoms with Crippen molar-refractivity contribution in [3.8, 4) is 5.75 Å². The maximum atomic E-state index is 13.6. The number of halogens is 1. The molecule has 5 heteroatoms. The lowest BCUT2D eigenvalue weighted by Crippen LogP contribution is -2.37. The lowest BCUT2D eigenvalue weighted by atomic mass is 10.1. The highest BCUT2D eigenvalue weighted by Gasteiger charge is 2.27. The van der Waals surface area contributed by atoms with Gasteiger partial charge >= 0.3 is 0 Å². The van der Waals surface area contributed by atoms with E-state index in [0.717, 1.165) is 31.6 Å². The Morgan fingerprint density at radius 2 is 2.21 bits per heavy atom. The molecule has 0 saturated carbocycles. The van der Waals surface area contributed by atoms with Crippen molar-refractivity contribution in [2.24, 2.45) is 0 Å². The van der Waals surface area contributed by atoms with E-state index in [1.807, 2.05) is 0 Å². The van der Waals surface area contributed by atoms with Gasteiger partial charge in [-0.25, -0.2) is 4.39 Å². The molecule has 0 aromatic heterocycles. The summed E-state index contributed by atoms with van der Waals surface area (Å²) in [6, 6.07) is 3.48. The Balaban J connectivity index is 2.29. The van der Waals surface area contributed by atoms with E-state index < -0.39 is 5.82 Å². The van der Waals surface area contributed by atoms with Gasteiger partial charge in [0.15, 0.2) is 11.6 Å². The first-order valence-electron chi connectivity index (χ1n) is 6.57. The molecule has 0 bridgehead atoms. The Morgan fingerprint density at radius 1 is 1.47 bits per heavy atom. The molecule has 19 heavy (non-hydrogen) atoms. The summed E-state index contributed by atoms with van der Waals surface area (Å²) in [4.78, 5) is 4.43. The van der Waals surface area contributed by atoms with Crippen LogP contribution in [-0.4, -0.2) is 45.2 Å². The summed E-state index contributed by atoms with van der Waals surface area (Å²) in [7, 11) is 5.59. The van der Waals surface area contributed by atoms with Crippen LogP contribution in [0, 0.1) is 5.82 Å². The molecule has 1 atom stereocenters. The van der Waals surface area contributed by atoms with Gasteiger partial charge in [0.1, 0.15) is 0 Å². The third-order valence-electron chi connectivity index (χ3n) is 3.56. The van der Waals surface area contributed by atoms with Crippen LogP contribution < -0.4 is 15.4 Å². The van der Waals surface area contributed by atoms with E-state index in [2.05, 4.69) is 23.9 Å². The summed E-state index contributed by atoms with van der Waals surface area (Å²) >= 11 is 0. The number of likely N-dealkylation sites (N-methyl/N-ethyl adjacent to an activating group) is 1. The molecular formula is C14H22FN3O. The van der Waals surface area contributed by atoms with Crippen molar-refractivity contribution < 1.29 is 9.13 Å². The van der Waals surface area contributed by atoms with E-state index in [1.54, 1.807) is 6.07 Å². The monoisotopic (exact) mass is 267 g/mol. The Kier molecular flexibility index (Phi) is 4.14. The average Bonchev–Trinajstić information content (AvgIpc) is 2.76. The van der Waals surface area contributed by atoms with Gasteiger partial charge in [-0.2, -0.15) is 0 Å². The molecule has 1 aliphatic rings. The van der Waals surface area contributed by atoms with Gasteiger partial charge in [-0.15, -0.1) is 0 Å². The Hall–Kier alpha value is -1.49. The summed E-state index contributed by atoms with van der Waals surface area (Å²) in [5.41, 5.74) is 7.32. The van der Waals surface area contributed by atoms with E-state index in [-0.39, 0.29) is 5.75 Å². The maximum absolute atomic E-state index is 13.6. The predicted octanol–water partition coefficient (Wildman–Crippen LogP) is 1.95. The fraction of sp³-hybridized carbons (Fsp3) is 0.571. The number of nitrogen functional groups attached to an aromatic ring is 1. The van der Waals surface area contributed by atoms with Gasteiger partial charge in [-0.3, -0.25) is 0 Å². The SMILES string of the molecule is COc1cc(N2CCCC2CN(C)C)c(N)cc1F. The third-order valence-corrected chi connectivity index (χ3v) is 3.56. The van der Waals surface area contributed by atoms with Crippen LogP contribution >= 0.6 is 0 Å². The molecule has 4 nitrogen and oxygen atoms in total. The van der Waals surface area contributed by atoms with Crippen molar-refractivity contribution in [3.05, 3.63) is 17.9 Å². The van der Waals surface area contributed by atoms with E-state index in [9.17, 15) is 4.39 Å². The number of nitrogens with zero attached hydrogens (tertiary/aromatic N) is 2. The van der Waals surface area contributed by atoms with Gasteiger partial charge in [0.2, 0.25) is 0 Å². The lowest BCUT2D eigenvalue weighted by molar-refractivity contribution is 0.371. The Labute approximate surface area is 113 Å². The van der Waals surface area contributed by atoms with E-state index in [0.29, 0.717) is 11.7 Å². The Bertz CT molecular complexity index is 451. The summed E-state index contributed by atoms with van der Waals surface area (Å²) < 4.78 is 18.6. The Morgan fingerprint density at radius 3 is 2.84 bits per heavy atom. The molecule has 0 radical (unpaired) electrons. The van der Waals surface area contributed by atoms with Crippen LogP contribution in [0.15, 0.2) is 12.1 Å². The topological polar surface area (TPSA) is 41.7 Å². The molecule has 2 rings (SSSR count). The minimum atomic E-state index is -0.410. The molecule has 0 spiro atoms. The fourth-order valence-electron chi connectivity index (χ4n) is 2.73. The van der Waals surface area contributed by atoms with Crippen molar-refractivity contribution in [3.63, 3.8) is 0 Å². The number of hydrogen-bond acceptors (Lipinski definition) is 4. The zero-order chi connectivity index (χ0) is 14.0. The highest BCUT2D eigenvalue weighted by atomic mass is 19.1. The van der Waals surface area contributed by atoms with Gasteiger partial charge in [0.25, 0.3) is 0 Å². The fourth-order valence-corrected chi connectivity index (χ4v) is 2.73. The van der Waals surface area contributed by atoms with E-state index in [4.69, 9.17) is 10.5 Å². The molecule has 1 fully saturated rings. The second-order valence-corrected chi connectivity index (χ2v) is 5.30. The largest absolute Gasteiger partial charge is 0.494 e. The predicted molar refractivity (Wildman–Crippen MR) is 76.3 cm³/mol. The number of anilines is 2. The number of methoxy groups -OCH3 is 1. The minimum Gasteiger partial charge on any atom is -0.494 e. The number of hydrogen-bond donors (Lipinski definition) is 1. The molecule has 1 unspecified atom stereocenters. The minimum absolute atomic E-state index is 0.250. The third kappa shape index (κ3) is 2.92. The van der Waals surface area contributed by atoms with E-state index in [1.165, 1.54) is 13.2 Å². The van der Waals surface area contributed by atoms with Crippen LogP contribution in [0.3, 0.4) is 0 Å².